The van der Waals surface area contributed by atoms with E-state index in [1.165, 1.54) is 0 Å². The minimum absolute atomic E-state index is 0.186. The van der Waals surface area contributed by atoms with Crippen molar-refractivity contribution in [2.75, 3.05) is 5.73 Å². The Bertz CT molecular complexity index is 448. The van der Waals surface area contributed by atoms with Gasteiger partial charge in [0, 0.05) is 18.4 Å². The van der Waals surface area contributed by atoms with E-state index in [0.29, 0.717) is 0 Å². The van der Waals surface area contributed by atoms with Crippen molar-refractivity contribution in [3.05, 3.63) is 27.7 Å². The molecule has 0 aliphatic carbocycles. The summed E-state index contributed by atoms with van der Waals surface area (Å²) in [6.07, 6.45) is 0. The molecule has 0 bridgehead atoms. The Balaban J connectivity index is 3.83. The normalized spacial score (nSPS) is 24.1. The Kier molecular flexibility index (Phi) is 0.588. The molecule has 54 valence electrons. The monoisotopic (exact) mass is 207 g/mol. The van der Waals surface area contributed by atoms with Gasteiger partial charge in [-0.15, -0.1) is 0 Å². The Morgan fingerprint density at radius 3 is 2.40 bits per heavy atom. The van der Waals surface area contributed by atoms with Gasteiger partial charge < -0.3 is 5.73 Å². The highest BCUT2D eigenvalue weighted by Gasteiger charge is 1.97. The predicted octanol–water partition coefficient (Wildman–Crippen LogP) is 2.65. The van der Waals surface area contributed by atoms with Gasteiger partial charge in [0.2, 0.25) is 0 Å². The van der Waals surface area contributed by atoms with E-state index in [4.69, 9.17) is 16.7 Å². The Morgan fingerprint density at radius 1 is 1.50 bits per heavy atom. The maximum atomic E-state index is 7.64. The molecule has 0 aliphatic rings. The molecule has 0 aliphatic heterocycles. The van der Waals surface area contributed by atoms with Crippen LogP contribution in [0.25, 0.3) is 0 Å². The summed E-state index contributed by atoms with van der Waals surface area (Å²) in [5.41, 5.74) is 3.92. The first-order valence-electron chi connectivity index (χ1n) is 6.48. The number of nitrogens with two attached hydrogens (primary N) is 1. The summed E-state index contributed by atoms with van der Waals surface area (Å²) in [6.45, 7) is -5.42. The van der Waals surface area contributed by atoms with Crippen molar-refractivity contribution in [3.63, 3.8) is 0 Å². The van der Waals surface area contributed by atoms with Gasteiger partial charge in [0.15, 0.2) is 0 Å². The molecule has 10 heavy (non-hydrogen) atoms. The maximum Gasteiger partial charge on any atom is 0.0638 e. The van der Waals surface area contributed by atoms with Crippen LogP contribution in [-0.2, 0) is 0 Å². The SMILES string of the molecule is [2H]c1c(Br)c([2H])c(C([2H])([2H])[2H])c(N)c1C([2H])([2H])[2H]. The van der Waals surface area contributed by atoms with Crippen LogP contribution >= 0.6 is 15.9 Å². The van der Waals surface area contributed by atoms with Crippen molar-refractivity contribution < 1.29 is 11.0 Å². The summed E-state index contributed by atoms with van der Waals surface area (Å²) in [6, 6.07) is -0.962. The molecule has 1 aromatic rings. The minimum Gasteiger partial charge on any atom is -0.398 e. The van der Waals surface area contributed by atoms with E-state index in [1.807, 2.05) is 0 Å². The second kappa shape index (κ2) is 2.62. The van der Waals surface area contributed by atoms with Gasteiger partial charge in [-0.1, -0.05) is 15.9 Å². The van der Waals surface area contributed by atoms with Crippen LogP contribution in [0.1, 0.15) is 22.1 Å². The van der Waals surface area contributed by atoms with Gasteiger partial charge in [-0.2, -0.15) is 0 Å². The topological polar surface area (TPSA) is 26.0 Å². The molecule has 0 saturated carbocycles. The lowest BCUT2D eigenvalue weighted by Crippen LogP contribution is -1.92. The molecule has 1 rings (SSSR count). The zero-order valence-electron chi connectivity index (χ0n) is 13.0. The fourth-order valence-corrected chi connectivity index (χ4v) is 0.907. The van der Waals surface area contributed by atoms with Crippen LogP contribution in [0.15, 0.2) is 16.6 Å². The third-order valence-electron chi connectivity index (χ3n) is 1.01. The van der Waals surface area contributed by atoms with Gasteiger partial charge >= 0.3 is 0 Å². The van der Waals surface area contributed by atoms with Crippen LogP contribution in [0.5, 0.6) is 0 Å². The van der Waals surface area contributed by atoms with Gasteiger partial charge in [-0.3, -0.25) is 0 Å². The van der Waals surface area contributed by atoms with E-state index in [-0.39, 0.29) is 4.47 Å². The first-order valence-corrected chi connectivity index (χ1v) is 3.27. The summed E-state index contributed by atoms with van der Waals surface area (Å²) >= 11 is 2.87. The number of rotatable bonds is 0. The van der Waals surface area contributed by atoms with Crippen LogP contribution in [0.3, 0.4) is 0 Å². The molecular formula is C8H10BrN. The number of nitrogen functional groups attached to an aromatic ring is 1. The van der Waals surface area contributed by atoms with Crippen LogP contribution < -0.4 is 5.73 Å². The van der Waals surface area contributed by atoms with Crippen LogP contribution in [0, 0.1) is 13.7 Å². The number of benzene rings is 1. The zero-order chi connectivity index (χ0) is 14.5. The third kappa shape index (κ3) is 1.32. The summed E-state index contributed by atoms with van der Waals surface area (Å²) in [7, 11) is 0. The van der Waals surface area contributed by atoms with Crippen molar-refractivity contribution in [1.29, 1.82) is 0 Å². The van der Waals surface area contributed by atoms with E-state index >= 15 is 0 Å². The predicted molar refractivity (Wildman–Crippen MR) is 48.0 cm³/mol. The van der Waals surface area contributed by atoms with Crippen LogP contribution in [0.2, 0.25) is 0 Å². The highest BCUT2D eigenvalue weighted by atomic mass is 79.9. The number of hydrogen-bond acceptors (Lipinski definition) is 1. The van der Waals surface area contributed by atoms with E-state index in [2.05, 4.69) is 15.9 Å². The number of anilines is 1. The van der Waals surface area contributed by atoms with Crippen molar-refractivity contribution in [1.82, 2.24) is 0 Å². The Labute approximate surface area is 80.6 Å². The second-order valence-electron chi connectivity index (χ2n) is 1.73. The molecule has 0 heterocycles. The minimum atomic E-state index is -2.71. The Morgan fingerprint density at radius 2 is 2.00 bits per heavy atom. The summed E-state index contributed by atoms with van der Waals surface area (Å²) < 4.78 is 58.8. The highest BCUT2D eigenvalue weighted by molar-refractivity contribution is 9.10. The van der Waals surface area contributed by atoms with Crippen molar-refractivity contribution >= 4 is 21.6 Å². The van der Waals surface area contributed by atoms with Crippen LogP contribution in [0.4, 0.5) is 5.69 Å². The van der Waals surface area contributed by atoms with E-state index in [0.717, 1.165) is 0 Å². The fraction of sp³-hybridized carbons (Fsp3) is 0.250. The first kappa shape index (κ1) is 2.24. The zero-order valence-corrected chi connectivity index (χ0v) is 6.54. The fourth-order valence-electron chi connectivity index (χ4n) is 0.510. The quantitative estimate of drug-likeness (QED) is 0.651. The average molecular weight is 208 g/mol. The van der Waals surface area contributed by atoms with E-state index < -0.39 is 42.6 Å². The molecule has 0 saturated heterocycles. The van der Waals surface area contributed by atoms with E-state index in [1.54, 1.807) is 0 Å². The highest BCUT2D eigenvalue weighted by Crippen LogP contribution is 2.21. The Hall–Kier alpha value is -0.500. The molecule has 0 atom stereocenters. The number of halogens is 1. The standard InChI is InChI=1S/C8H10BrN/c1-5-3-7(9)4-6(2)8(5)10/h3-4H,10H2,1-2H3/i1D3,2D3,3D,4D. The molecule has 0 radical (unpaired) electrons. The molecule has 1 nitrogen and oxygen atoms in total. The molecule has 0 aromatic heterocycles. The molecule has 0 spiro atoms. The first-order chi connectivity index (χ1) is 7.89. The molecule has 2 heteroatoms. The van der Waals surface area contributed by atoms with Crippen molar-refractivity contribution in [2.24, 2.45) is 0 Å². The largest absolute Gasteiger partial charge is 0.398 e. The van der Waals surface area contributed by atoms with Gasteiger partial charge in [0.25, 0.3) is 0 Å². The lowest BCUT2D eigenvalue weighted by Gasteiger charge is -2.03. The lowest BCUT2D eigenvalue weighted by molar-refractivity contribution is 1.37. The lowest BCUT2D eigenvalue weighted by atomic mass is 10.1. The summed E-state index contributed by atoms with van der Waals surface area (Å²) in [5, 5.41) is 0. The van der Waals surface area contributed by atoms with Gasteiger partial charge in [0.1, 0.15) is 0 Å². The summed E-state index contributed by atoms with van der Waals surface area (Å²) in [4.78, 5) is 0. The number of hydrogen-bond donors (Lipinski definition) is 1. The van der Waals surface area contributed by atoms with E-state index in [9.17, 15) is 0 Å². The summed E-state index contributed by atoms with van der Waals surface area (Å²) in [5.74, 6) is 0. The van der Waals surface area contributed by atoms with Crippen LogP contribution in [-0.4, -0.2) is 0 Å². The average Bonchev–Trinajstić information content (AvgIpc) is 2.09. The molecular weight excluding hydrogens is 190 g/mol. The van der Waals surface area contributed by atoms with Gasteiger partial charge in [-0.25, -0.2) is 0 Å². The molecule has 2 N–H and O–H groups in total. The smallest absolute Gasteiger partial charge is 0.0638 e. The third-order valence-corrected chi connectivity index (χ3v) is 1.40. The second-order valence-corrected chi connectivity index (χ2v) is 2.52. The van der Waals surface area contributed by atoms with Gasteiger partial charge in [0.05, 0.1) is 2.74 Å². The molecule has 0 fully saturated rings. The maximum absolute atomic E-state index is 7.64. The molecule has 0 amide bonds. The van der Waals surface area contributed by atoms with Crippen molar-refractivity contribution in [3.8, 4) is 0 Å². The van der Waals surface area contributed by atoms with Gasteiger partial charge in [-0.05, 0) is 36.9 Å². The van der Waals surface area contributed by atoms with Crippen molar-refractivity contribution in [2.45, 2.75) is 13.7 Å². The molecule has 0 unspecified atom stereocenters. The molecule has 1 aromatic carbocycles.